The molecule has 0 bridgehead atoms. The van der Waals surface area contributed by atoms with Crippen LogP contribution in [0.1, 0.15) is 30.9 Å². The van der Waals surface area contributed by atoms with Crippen molar-refractivity contribution in [3.05, 3.63) is 96.1 Å². The molecule has 0 fully saturated rings. The van der Waals surface area contributed by atoms with Crippen LogP contribution in [0, 0.1) is 5.92 Å². The minimum atomic E-state index is -0.698. The fourth-order valence-corrected chi connectivity index (χ4v) is 3.16. The molecule has 0 spiro atoms. The fourth-order valence-electron chi connectivity index (χ4n) is 3.16. The first-order valence-corrected chi connectivity index (χ1v) is 10.4. The van der Waals surface area contributed by atoms with E-state index in [1.54, 1.807) is 24.3 Å². The van der Waals surface area contributed by atoms with E-state index >= 15 is 0 Å². The summed E-state index contributed by atoms with van der Waals surface area (Å²) in [4.78, 5) is 24.8. The summed E-state index contributed by atoms with van der Waals surface area (Å²) in [6.07, 6.45) is 0. The highest BCUT2D eigenvalue weighted by atomic mass is 16.5. The quantitative estimate of drug-likeness (QED) is 0.527. The molecule has 5 heteroatoms. The van der Waals surface area contributed by atoms with Gasteiger partial charge in [0.25, 0.3) is 0 Å². The maximum Gasteiger partial charge on any atom is 0.313 e. The molecule has 160 valence electrons. The molecule has 0 saturated carbocycles. The van der Waals surface area contributed by atoms with Crippen LogP contribution in [0.15, 0.2) is 84.9 Å². The molecule has 0 aliphatic rings. The van der Waals surface area contributed by atoms with E-state index < -0.39 is 11.8 Å². The third kappa shape index (κ3) is 6.71. The molecule has 0 aliphatic carbocycles. The van der Waals surface area contributed by atoms with Crippen LogP contribution in [0.25, 0.3) is 0 Å². The Morgan fingerprint density at radius 2 is 1.32 bits per heavy atom. The third-order valence-electron chi connectivity index (χ3n) is 4.77. The molecule has 2 amide bonds. The van der Waals surface area contributed by atoms with Gasteiger partial charge >= 0.3 is 11.8 Å². The summed E-state index contributed by atoms with van der Waals surface area (Å²) in [6.45, 7) is 5.10. The maximum atomic E-state index is 12.4. The summed E-state index contributed by atoms with van der Waals surface area (Å²) in [6, 6.07) is 26.8. The Morgan fingerprint density at radius 1 is 0.774 bits per heavy atom. The minimum Gasteiger partial charge on any atom is -0.493 e. The van der Waals surface area contributed by atoms with Gasteiger partial charge in [0.05, 0.1) is 6.61 Å². The smallest absolute Gasteiger partial charge is 0.313 e. The van der Waals surface area contributed by atoms with Crippen molar-refractivity contribution in [2.24, 2.45) is 5.92 Å². The number of hydrogen-bond acceptors (Lipinski definition) is 3. The molecule has 31 heavy (non-hydrogen) atoms. The van der Waals surface area contributed by atoms with Crippen LogP contribution >= 0.6 is 0 Å². The first-order valence-electron chi connectivity index (χ1n) is 10.4. The molecule has 0 radical (unpaired) electrons. The van der Waals surface area contributed by atoms with E-state index in [1.165, 1.54) is 0 Å². The first kappa shape index (κ1) is 22.1. The molecule has 3 aromatic rings. The number of hydrogen-bond donors (Lipinski definition) is 2. The zero-order valence-electron chi connectivity index (χ0n) is 17.9. The molecule has 0 aromatic heterocycles. The van der Waals surface area contributed by atoms with E-state index in [0.29, 0.717) is 24.8 Å². The van der Waals surface area contributed by atoms with Crippen molar-refractivity contribution in [1.82, 2.24) is 5.32 Å². The fraction of sp³-hybridized carbons (Fsp3) is 0.231. The number of anilines is 1. The van der Waals surface area contributed by atoms with Crippen LogP contribution in [-0.4, -0.2) is 25.0 Å². The Labute approximate surface area is 183 Å². The predicted molar refractivity (Wildman–Crippen MR) is 123 cm³/mol. The summed E-state index contributed by atoms with van der Waals surface area (Å²) in [5.41, 5.74) is 2.69. The first-order chi connectivity index (χ1) is 15.0. The number of amides is 2. The Balaban J connectivity index is 1.59. The Hall–Kier alpha value is -3.60. The van der Waals surface area contributed by atoms with Gasteiger partial charge in [0.1, 0.15) is 5.75 Å². The van der Waals surface area contributed by atoms with Gasteiger partial charge in [-0.3, -0.25) is 9.59 Å². The molecule has 0 aliphatic heterocycles. The molecule has 0 unspecified atom stereocenters. The number of nitrogens with one attached hydrogen (secondary N) is 2. The van der Waals surface area contributed by atoms with Crippen molar-refractivity contribution in [3.63, 3.8) is 0 Å². The number of benzene rings is 3. The molecular formula is C26H28N2O3. The van der Waals surface area contributed by atoms with Crippen molar-refractivity contribution in [2.45, 2.75) is 19.8 Å². The zero-order valence-corrected chi connectivity index (χ0v) is 17.9. The monoisotopic (exact) mass is 416 g/mol. The number of ether oxygens (including phenoxy) is 1. The van der Waals surface area contributed by atoms with Crippen LogP contribution in [0.4, 0.5) is 5.69 Å². The Morgan fingerprint density at radius 3 is 1.84 bits per heavy atom. The second-order valence-electron chi connectivity index (χ2n) is 7.77. The van der Waals surface area contributed by atoms with Crippen LogP contribution in [0.3, 0.4) is 0 Å². The number of carbonyl (C=O) groups excluding carboxylic acids is 2. The summed E-state index contributed by atoms with van der Waals surface area (Å²) in [5.74, 6) is -0.257. The largest absolute Gasteiger partial charge is 0.493 e. The Kier molecular flexibility index (Phi) is 7.82. The van der Waals surface area contributed by atoms with Crippen molar-refractivity contribution in [3.8, 4) is 5.75 Å². The standard InChI is InChI=1S/C26H28N2O3/c1-19(2)18-31-23-15-13-22(14-16-23)28-26(30)25(29)27-17-24(20-9-5-3-6-10-20)21-11-7-4-8-12-21/h3-16,19,24H,17-18H2,1-2H3,(H,27,29)(H,28,30). The van der Waals surface area contributed by atoms with E-state index in [-0.39, 0.29) is 5.92 Å². The van der Waals surface area contributed by atoms with Crippen LogP contribution in [-0.2, 0) is 9.59 Å². The van der Waals surface area contributed by atoms with E-state index in [4.69, 9.17) is 4.74 Å². The van der Waals surface area contributed by atoms with Gasteiger partial charge in [-0.15, -0.1) is 0 Å². The van der Waals surface area contributed by atoms with Crippen LogP contribution in [0.5, 0.6) is 5.75 Å². The van der Waals surface area contributed by atoms with Gasteiger partial charge in [-0.05, 0) is 41.3 Å². The molecule has 3 aromatic carbocycles. The van der Waals surface area contributed by atoms with Gasteiger partial charge in [0.2, 0.25) is 0 Å². The van der Waals surface area contributed by atoms with E-state index in [2.05, 4.69) is 24.5 Å². The topological polar surface area (TPSA) is 67.4 Å². The van der Waals surface area contributed by atoms with Gasteiger partial charge in [-0.25, -0.2) is 0 Å². The van der Waals surface area contributed by atoms with Crippen molar-refractivity contribution in [2.75, 3.05) is 18.5 Å². The highest BCUT2D eigenvalue weighted by Crippen LogP contribution is 2.23. The highest BCUT2D eigenvalue weighted by molar-refractivity contribution is 6.39. The molecular weight excluding hydrogens is 388 g/mol. The van der Waals surface area contributed by atoms with Crippen molar-refractivity contribution < 1.29 is 14.3 Å². The minimum absolute atomic E-state index is 0.0449. The number of carbonyl (C=O) groups is 2. The van der Waals surface area contributed by atoms with Crippen LogP contribution < -0.4 is 15.4 Å². The lowest BCUT2D eigenvalue weighted by molar-refractivity contribution is -0.136. The SMILES string of the molecule is CC(C)COc1ccc(NC(=O)C(=O)NCC(c2ccccc2)c2ccccc2)cc1. The molecule has 0 atom stereocenters. The lowest BCUT2D eigenvalue weighted by atomic mass is 9.91. The normalized spacial score (nSPS) is 10.7. The second-order valence-corrected chi connectivity index (χ2v) is 7.77. The van der Waals surface area contributed by atoms with Gasteiger partial charge in [0.15, 0.2) is 0 Å². The maximum absolute atomic E-state index is 12.4. The van der Waals surface area contributed by atoms with Gasteiger partial charge in [0, 0.05) is 18.2 Å². The van der Waals surface area contributed by atoms with Crippen molar-refractivity contribution in [1.29, 1.82) is 0 Å². The molecule has 0 saturated heterocycles. The highest BCUT2D eigenvalue weighted by Gasteiger charge is 2.18. The molecule has 3 rings (SSSR count). The molecule has 0 heterocycles. The Bertz CT molecular complexity index is 931. The zero-order chi connectivity index (χ0) is 22.1. The average Bonchev–Trinajstić information content (AvgIpc) is 2.80. The van der Waals surface area contributed by atoms with Gasteiger partial charge in [-0.1, -0.05) is 74.5 Å². The summed E-state index contributed by atoms with van der Waals surface area (Å²) < 4.78 is 5.63. The van der Waals surface area contributed by atoms with E-state index in [0.717, 1.165) is 16.9 Å². The van der Waals surface area contributed by atoms with Gasteiger partial charge < -0.3 is 15.4 Å². The number of rotatable bonds is 8. The summed E-state index contributed by atoms with van der Waals surface area (Å²) in [7, 11) is 0. The second kappa shape index (κ2) is 11.0. The predicted octanol–water partition coefficient (Wildman–Crippen LogP) is 4.61. The van der Waals surface area contributed by atoms with E-state index in [1.807, 2.05) is 60.7 Å². The van der Waals surface area contributed by atoms with Crippen molar-refractivity contribution >= 4 is 17.5 Å². The summed E-state index contributed by atoms with van der Waals surface area (Å²) >= 11 is 0. The molecule has 2 N–H and O–H groups in total. The third-order valence-corrected chi connectivity index (χ3v) is 4.77. The summed E-state index contributed by atoms with van der Waals surface area (Å²) in [5, 5.41) is 5.40. The molecule has 5 nitrogen and oxygen atoms in total. The van der Waals surface area contributed by atoms with Gasteiger partial charge in [-0.2, -0.15) is 0 Å². The average molecular weight is 417 g/mol. The lowest BCUT2D eigenvalue weighted by Gasteiger charge is -2.18. The lowest BCUT2D eigenvalue weighted by Crippen LogP contribution is -2.37. The van der Waals surface area contributed by atoms with Crippen LogP contribution in [0.2, 0.25) is 0 Å². The van der Waals surface area contributed by atoms with E-state index in [9.17, 15) is 9.59 Å².